The molecule has 0 aliphatic rings. The van der Waals surface area contributed by atoms with Gasteiger partial charge in [-0.05, 0) is 35.4 Å². The minimum atomic E-state index is 0.598. The second-order valence-corrected chi connectivity index (χ2v) is 4.66. The van der Waals surface area contributed by atoms with E-state index < -0.39 is 0 Å². The summed E-state index contributed by atoms with van der Waals surface area (Å²) in [5.41, 5.74) is 3.19. The van der Waals surface area contributed by atoms with E-state index in [0.717, 1.165) is 16.8 Å². The zero-order valence-electron chi connectivity index (χ0n) is 13.3. The van der Waals surface area contributed by atoms with Crippen LogP contribution >= 0.6 is 0 Å². The second-order valence-electron chi connectivity index (χ2n) is 4.66. The molecule has 2 aromatic carbocycles. The van der Waals surface area contributed by atoms with E-state index in [1.165, 1.54) is 0 Å². The van der Waals surface area contributed by atoms with Crippen LogP contribution in [0.25, 0.3) is 12.2 Å². The Kier molecular flexibility index (Phi) is 5.31. The third kappa shape index (κ3) is 3.52. The molecular formula is C18H21NO3. The highest BCUT2D eigenvalue weighted by atomic mass is 16.5. The van der Waals surface area contributed by atoms with Crippen LogP contribution in [0.3, 0.4) is 0 Å². The first-order valence-electron chi connectivity index (χ1n) is 6.97. The summed E-state index contributed by atoms with van der Waals surface area (Å²) in [5, 5.41) is 3.10. The standard InChI is InChI=1S/C18H21NO3/c1-19-15-9-7-13(8-10-15)5-6-14-11-16(20-2)18(22-4)17(12-14)21-3/h5-12,19H,1-4H3/b6-5-. The molecule has 116 valence electrons. The van der Waals surface area contributed by atoms with Gasteiger partial charge in [0, 0.05) is 12.7 Å². The monoisotopic (exact) mass is 299 g/mol. The Morgan fingerprint density at radius 1 is 0.773 bits per heavy atom. The maximum absolute atomic E-state index is 5.35. The van der Waals surface area contributed by atoms with E-state index in [1.54, 1.807) is 21.3 Å². The highest BCUT2D eigenvalue weighted by Crippen LogP contribution is 2.38. The van der Waals surface area contributed by atoms with E-state index in [0.29, 0.717) is 17.2 Å². The van der Waals surface area contributed by atoms with E-state index >= 15 is 0 Å². The third-order valence-corrected chi connectivity index (χ3v) is 3.35. The number of anilines is 1. The van der Waals surface area contributed by atoms with E-state index in [2.05, 4.69) is 17.4 Å². The van der Waals surface area contributed by atoms with Gasteiger partial charge < -0.3 is 19.5 Å². The van der Waals surface area contributed by atoms with Crippen molar-refractivity contribution in [3.05, 3.63) is 47.5 Å². The fourth-order valence-electron chi connectivity index (χ4n) is 2.15. The highest BCUT2D eigenvalue weighted by Gasteiger charge is 2.11. The lowest BCUT2D eigenvalue weighted by atomic mass is 10.1. The van der Waals surface area contributed by atoms with Gasteiger partial charge in [0.2, 0.25) is 5.75 Å². The van der Waals surface area contributed by atoms with Crippen molar-refractivity contribution in [3.8, 4) is 17.2 Å². The second kappa shape index (κ2) is 7.41. The Morgan fingerprint density at radius 3 is 1.77 bits per heavy atom. The zero-order chi connectivity index (χ0) is 15.9. The molecule has 0 heterocycles. The zero-order valence-corrected chi connectivity index (χ0v) is 13.3. The lowest BCUT2D eigenvalue weighted by molar-refractivity contribution is 0.324. The molecule has 0 amide bonds. The van der Waals surface area contributed by atoms with E-state index in [1.807, 2.05) is 43.5 Å². The summed E-state index contributed by atoms with van der Waals surface area (Å²) >= 11 is 0. The number of rotatable bonds is 6. The molecule has 0 fully saturated rings. The third-order valence-electron chi connectivity index (χ3n) is 3.35. The first-order chi connectivity index (χ1) is 10.7. The Labute approximate surface area is 131 Å². The minimum Gasteiger partial charge on any atom is -0.493 e. The molecule has 0 radical (unpaired) electrons. The van der Waals surface area contributed by atoms with Gasteiger partial charge in [-0.15, -0.1) is 0 Å². The Bertz CT molecular complexity index is 623. The molecule has 0 aromatic heterocycles. The van der Waals surface area contributed by atoms with Gasteiger partial charge in [0.1, 0.15) is 0 Å². The molecule has 0 aliphatic heterocycles. The molecule has 0 saturated heterocycles. The summed E-state index contributed by atoms with van der Waals surface area (Å²) in [4.78, 5) is 0. The fraction of sp³-hybridized carbons (Fsp3) is 0.222. The number of hydrogen-bond acceptors (Lipinski definition) is 4. The van der Waals surface area contributed by atoms with Crippen molar-refractivity contribution < 1.29 is 14.2 Å². The van der Waals surface area contributed by atoms with Crippen LogP contribution in [0.15, 0.2) is 36.4 Å². The molecule has 4 nitrogen and oxygen atoms in total. The smallest absolute Gasteiger partial charge is 0.203 e. The first kappa shape index (κ1) is 15.8. The summed E-state index contributed by atoms with van der Waals surface area (Å²) in [6.07, 6.45) is 4.05. The van der Waals surface area contributed by atoms with Gasteiger partial charge in [0.05, 0.1) is 21.3 Å². The molecule has 1 N–H and O–H groups in total. The van der Waals surface area contributed by atoms with Crippen LogP contribution in [0.2, 0.25) is 0 Å². The number of benzene rings is 2. The topological polar surface area (TPSA) is 39.7 Å². The van der Waals surface area contributed by atoms with Gasteiger partial charge in [0.15, 0.2) is 11.5 Å². The lowest BCUT2D eigenvalue weighted by Gasteiger charge is -2.12. The molecule has 0 aliphatic carbocycles. The van der Waals surface area contributed by atoms with Gasteiger partial charge in [-0.1, -0.05) is 24.3 Å². The van der Waals surface area contributed by atoms with Gasteiger partial charge >= 0.3 is 0 Å². The Balaban J connectivity index is 2.29. The van der Waals surface area contributed by atoms with Crippen LogP contribution in [0, 0.1) is 0 Å². The van der Waals surface area contributed by atoms with Gasteiger partial charge in [-0.3, -0.25) is 0 Å². The van der Waals surface area contributed by atoms with Crippen molar-refractivity contribution >= 4 is 17.8 Å². The molecule has 2 rings (SSSR count). The molecule has 0 atom stereocenters. The molecule has 0 unspecified atom stereocenters. The Hall–Kier alpha value is -2.62. The first-order valence-corrected chi connectivity index (χ1v) is 6.97. The number of methoxy groups -OCH3 is 3. The summed E-state index contributed by atoms with van der Waals surface area (Å²) < 4.78 is 16.0. The molecular weight excluding hydrogens is 278 g/mol. The maximum atomic E-state index is 5.35. The van der Waals surface area contributed by atoms with Gasteiger partial charge in [-0.2, -0.15) is 0 Å². The maximum Gasteiger partial charge on any atom is 0.203 e. The Morgan fingerprint density at radius 2 is 1.32 bits per heavy atom. The van der Waals surface area contributed by atoms with Crippen molar-refractivity contribution in [2.24, 2.45) is 0 Å². The van der Waals surface area contributed by atoms with Crippen LogP contribution in [-0.4, -0.2) is 28.4 Å². The largest absolute Gasteiger partial charge is 0.493 e. The predicted molar refractivity (Wildman–Crippen MR) is 91.0 cm³/mol. The predicted octanol–water partition coefficient (Wildman–Crippen LogP) is 3.92. The van der Waals surface area contributed by atoms with Gasteiger partial charge in [-0.25, -0.2) is 0 Å². The van der Waals surface area contributed by atoms with Crippen LogP contribution in [0.5, 0.6) is 17.2 Å². The van der Waals surface area contributed by atoms with Crippen LogP contribution in [-0.2, 0) is 0 Å². The van der Waals surface area contributed by atoms with Crippen LogP contribution in [0.4, 0.5) is 5.69 Å². The molecule has 0 spiro atoms. The summed E-state index contributed by atoms with van der Waals surface area (Å²) in [6.45, 7) is 0. The van der Waals surface area contributed by atoms with Crippen molar-refractivity contribution in [2.75, 3.05) is 33.7 Å². The summed E-state index contributed by atoms with van der Waals surface area (Å²) in [7, 11) is 6.72. The van der Waals surface area contributed by atoms with Crippen molar-refractivity contribution in [3.63, 3.8) is 0 Å². The van der Waals surface area contributed by atoms with E-state index in [-0.39, 0.29) is 0 Å². The minimum absolute atomic E-state index is 0.598. The lowest BCUT2D eigenvalue weighted by Crippen LogP contribution is -1.95. The van der Waals surface area contributed by atoms with Crippen molar-refractivity contribution in [2.45, 2.75) is 0 Å². The average Bonchev–Trinajstić information content (AvgIpc) is 2.59. The number of nitrogens with one attached hydrogen (secondary N) is 1. The molecule has 4 heteroatoms. The van der Waals surface area contributed by atoms with E-state index in [9.17, 15) is 0 Å². The SMILES string of the molecule is CNc1ccc(/C=C\c2cc(OC)c(OC)c(OC)c2)cc1. The number of hydrogen-bond donors (Lipinski definition) is 1. The summed E-state index contributed by atoms with van der Waals surface area (Å²) in [6, 6.07) is 12.0. The van der Waals surface area contributed by atoms with Crippen LogP contribution in [0.1, 0.15) is 11.1 Å². The van der Waals surface area contributed by atoms with Gasteiger partial charge in [0.25, 0.3) is 0 Å². The highest BCUT2D eigenvalue weighted by molar-refractivity contribution is 5.73. The fourth-order valence-corrected chi connectivity index (χ4v) is 2.15. The van der Waals surface area contributed by atoms with Crippen molar-refractivity contribution in [1.29, 1.82) is 0 Å². The quantitative estimate of drug-likeness (QED) is 0.821. The molecule has 0 saturated carbocycles. The summed E-state index contributed by atoms with van der Waals surface area (Å²) in [5.74, 6) is 1.89. The average molecular weight is 299 g/mol. The molecule has 0 bridgehead atoms. The number of ether oxygens (including phenoxy) is 3. The van der Waals surface area contributed by atoms with E-state index in [4.69, 9.17) is 14.2 Å². The van der Waals surface area contributed by atoms with Crippen LogP contribution < -0.4 is 19.5 Å². The van der Waals surface area contributed by atoms with Crippen molar-refractivity contribution in [1.82, 2.24) is 0 Å². The molecule has 2 aromatic rings. The normalized spacial score (nSPS) is 10.5. The molecule has 22 heavy (non-hydrogen) atoms.